The van der Waals surface area contributed by atoms with E-state index >= 15 is 0 Å². The third kappa shape index (κ3) is 5.36. The number of likely N-dealkylation sites (tertiary alicyclic amines) is 1. The number of quaternary nitrogens is 1. The smallest absolute Gasteiger partial charge is 0.156 e. The second-order valence-electron chi connectivity index (χ2n) is 6.30. The minimum atomic E-state index is 0.607. The van der Waals surface area contributed by atoms with Gasteiger partial charge in [-0.2, -0.15) is 0 Å². The van der Waals surface area contributed by atoms with Gasteiger partial charge >= 0.3 is 0 Å². The number of unbranched alkanes of at least 4 members (excludes halogenated alkanes) is 1. The zero-order chi connectivity index (χ0) is 15.2. The molecule has 1 heterocycles. The van der Waals surface area contributed by atoms with E-state index in [0.717, 1.165) is 17.9 Å². The number of hydrogen-bond donors (Lipinski definition) is 1. The second kappa shape index (κ2) is 8.26. The summed E-state index contributed by atoms with van der Waals surface area (Å²) >= 11 is 12.3. The molecule has 1 aliphatic heterocycles. The number of ether oxygens (including phenoxy) is 1. The molecule has 0 saturated carbocycles. The Hall–Kier alpha value is -0.440. The van der Waals surface area contributed by atoms with Crippen LogP contribution in [0.25, 0.3) is 0 Å². The summed E-state index contributed by atoms with van der Waals surface area (Å²) in [6.45, 7) is 8.94. The lowest BCUT2D eigenvalue weighted by Gasteiger charge is -2.27. The van der Waals surface area contributed by atoms with Crippen LogP contribution in [0.1, 0.15) is 38.2 Å². The maximum Gasteiger partial charge on any atom is 0.156 e. The lowest BCUT2D eigenvalue weighted by atomic mass is 9.99. The van der Waals surface area contributed by atoms with Crippen LogP contribution in [-0.4, -0.2) is 26.2 Å². The molecule has 1 aromatic carbocycles. The predicted molar refractivity (Wildman–Crippen MR) is 89.9 cm³/mol. The lowest BCUT2D eigenvalue weighted by Crippen LogP contribution is -3.13. The van der Waals surface area contributed by atoms with Gasteiger partial charge < -0.3 is 9.64 Å². The van der Waals surface area contributed by atoms with Crippen LogP contribution in [0.2, 0.25) is 10.0 Å². The van der Waals surface area contributed by atoms with Crippen LogP contribution in [0.15, 0.2) is 12.1 Å². The highest BCUT2D eigenvalue weighted by Crippen LogP contribution is 2.34. The lowest BCUT2D eigenvalue weighted by molar-refractivity contribution is -0.906. The molecule has 4 heteroatoms. The van der Waals surface area contributed by atoms with Crippen LogP contribution in [0.3, 0.4) is 0 Å². The Balaban J connectivity index is 1.66. The Morgan fingerprint density at radius 1 is 1.14 bits per heavy atom. The highest BCUT2D eigenvalue weighted by Gasteiger charge is 2.18. The Morgan fingerprint density at radius 2 is 1.76 bits per heavy atom. The van der Waals surface area contributed by atoms with Gasteiger partial charge in [0.1, 0.15) is 0 Å². The topological polar surface area (TPSA) is 13.7 Å². The fourth-order valence-electron chi connectivity index (χ4n) is 2.90. The quantitative estimate of drug-likeness (QED) is 0.784. The highest BCUT2D eigenvalue weighted by atomic mass is 35.5. The van der Waals surface area contributed by atoms with E-state index in [4.69, 9.17) is 27.9 Å². The van der Waals surface area contributed by atoms with E-state index in [1.54, 1.807) is 4.90 Å². The van der Waals surface area contributed by atoms with Crippen molar-refractivity contribution in [2.45, 2.75) is 39.5 Å². The minimum Gasteiger partial charge on any atom is -0.490 e. The van der Waals surface area contributed by atoms with Crippen LogP contribution in [0.4, 0.5) is 0 Å². The van der Waals surface area contributed by atoms with E-state index in [0.29, 0.717) is 22.4 Å². The van der Waals surface area contributed by atoms with Crippen molar-refractivity contribution in [3.63, 3.8) is 0 Å². The highest BCUT2D eigenvalue weighted by molar-refractivity contribution is 6.37. The van der Waals surface area contributed by atoms with Gasteiger partial charge in [-0.15, -0.1) is 0 Å². The molecule has 0 bridgehead atoms. The molecule has 0 aliphatic carbocycles. The average molecular weight is 331 g/mol. The van der Waals surface area contributed by atoms with Crippen molar-refractivity contribution in [1.29, 1.82) is 0 Å². The number of nitrogens with one attached hydrogen (secondary N) is 1. The molecule has 0 aromatic heterocycles. The van der Waals surface area contributed by atoms with E-state index in [2.05, 4.69) is 6.92 Å². The molecule has 1 saturated heterocycles. The first-order valence-corrected chi connectivity index (χ1v) is 8.74. The normalized spacial score (nSPS) is 22.3. The zero-order valence-electron chi connectivity index (χ0n) is 13.1. The molecular formula is C17H26Cl2NO+. The summed E-state index contributed by atoms with van der Waals surface area (Å²) in [6.07, 6.45) is 5.01. The molecule has 0 amide bonds. The van der Waals surface area contributed by atoms with E-state index in [1.807, 2.05) is 19.1 Å². The number of hydrogen-bond acceptors (Lipinski definition) is 1. The van der Waals surface area contributed by atoms with Gasteiger partial charge in [-0.25, -0.2) is 0 Å². The predicted octanol–water partition coefficient (Wildman–Crippen LogP) is 3.78. The minimum absolute atomic E-state index is 0.607. The maximum absolute atomic E-state index is 6.17. The first-order valence-electron chi connectivity index (χ1n) is 7.98. The molecule has 21 heavy (non-hydrogen) atoms. The summed E-state index contributed by atoms with van der Waals surface area (Å²) in [7, 11) is 0. The molecule has 2 nitrogen and oxygen atoms in total. The van der Waals surface area contributed by atoms with Crippen molar-refractivity contribution in [2.75, 3.05) is 26.2 Å². The van der Waals surface area contributed by atoms with Gasteiger partial charge in [0, 0.05) is 0 Å². The van der Waals surface area contributed by atoms with Crippen molar-refractivity contribution in [1.82, 2.24) is 0 Å². The first kappa shape index (κ1) is 16.9. The number of piperidine rings is 1. The Bertz CT molecular complexity index is 433. The summed E-state index contributed by atoms with van der Waals surface area (Å²) < 4.78 is 5.76. The standard InChI is InChI=1S/C17H25Cl2NO/c1-13-5-8-20(9-6-13)7-3-4-10-21-17-15(18)11-14(2)12-16(17)19/h11-13H,3-10H2,1-2H3/p+1. The molecule has 1 aliphatic rings. The number of benzene rings is 1. The molecule has 0 atom stereocenters. The van der Waals surface area contributed by atoms with Crippen LogP contribution in [0.5, 0.6) is 5.75 Å². The summed E-state index contributed by atoms with van der Waals surface area (Å²) in [5.41, 5.74) is 1.06. The molecular weight excluding hydrogens is 305 g/mol. The fourth-order valence-corrected chi connectivity index (χ4v) is 3.60. The molecule has 0 spiro atoms. The van der Waals surface area contributed by atoms with Crippen molar-refractivity contribution in [3.8, 4) is 5.75 Å². The van der Waals surface area contributed by atoms with Gasteiger partial charge in [-0.1, -0.05) is 30.1 Å². The van der Waals surface area contributed by atoms with Crippen LogP contribution in [-0.2, 0) is 0 Å². The first-order chi connectivity index (χ1) is 10.1. The molecule has 2 rings (SSSR count). The number of halogens is 2. The Labute approximate surface area is 138 Å². The summed E-state index contributed by atoms with van der Waals surface area (Å²) in [6, 6.07) is 3.78. The second-order valence-corrected chi connectivity index (χ2v) is 7.11. The van der Waals surface area contributed by atoms with Gasteiger partial charge in [-0.3, -0.25) is 0 Å². The van der Waals surface area contributed by atoms with Crippen molar-refractivity contribution >= 4 is 23.2 Å². The van der Waals surface area contributed by atoms with E-state index in [9.17, 15) is 0 Å². The van der Waals surface area contributed by atoms with Gasteiger partial charge in [0.05, 0.1) is 36.3 Å². The fraction of sp³-hybridized carbons (Fsp3) is 0.647. The molecule has 1 aromatic rings. The van der Waals surface area contributed by atoms with Crippen molar-refractivity contribution < 1.29 is 9.64 Å². The van der Waals surface area contributed by atoms with Gasteiger partial charge in [-0.05, 0) is 56.2 Å². The largest absolute Gasteiger partial charge is 0.490 e. The SMILES string of the molecule is Cc1cc(Cl)c(OCCCC[NH+]2CCC(C)CC2)c(Cl)c1. The summed E-state index contributed by atoms with van der Waals surface area (Å²) in [4.78, 5) is 1.75. The summed E-state index contributed by atoms with van der Waals surface area (Å²) in [5, 5.41) is 1.21. The van der Waals surface area contributed by atoms with Gasteiger partial charge in [0.15, 0.2) is 5.75 Å². The van der Waals surface area contributed by atoms with Crippen molar-refractivity contribution in [2.24, 2.45) is 5.92 Å². The molecule has 118 valence electrons. The Kier molecular flexibility index (Phi) is 6.66. The van der Waals surface area contributed by atoms with E-state index < -0.39 is 0 Å². The maximum atomic E-state index is 6.17. The van der Waals surface area contributed by atoms with Crippen LogP contribution in [0, 0.1) is 12.8 Å². The van der Waals surface area contributed by atoms with E-state index in [-0.39, 0.29) is 0 Å². The molecule has 0 radical (unpaired) electrons. The summed E-state index contributed by atoms with van der Waals surface area (Å²) in [5.74, 6) is 1.55. The molecule has 1 N–H and O–H groups in total. The van der Waals surface area contributed by atoms with Crippen LogP contribution >= 0.6 is 23.2 Å². The number of aryl methyl sites for hydroxylation is 1. The third-order valence-electron chi connectivity index (χ3n) is 4.30. The van der Waals surface area contributed by atoms with Gasteiger partial charge in [0.2, 0.25) is 0 Å². The Morgan fingerprint density at radius 3 is 2.38 bits per heavy atom. The third-order valence-corrected chi connectivity index (χ3v) is 4.86. The van der Waals surface area contributed by atoms with Gasteiger partial charge in [0.25, 0.3) is 0 Å². The van der Waals surface area contributed by atoms with E-state index in [1.165, 1.54) is 38.9 Å². The molecule has 1 fully saturated rings. The monoisotopic (exact) mass is 330 g/mol. The van der Waals surface area contributed by atoms with Crippen LogP contribution < -0.4 is 9.64 Å². The number of rotatable bonds is 6. The molecule has 0 unspecified atom stereocenters. The average Bonchev–Trinajstić information content (AvgIpc) is 2.43. The van der Waals surface area contributed by atoms with Crippen molar-refractivity contribution in [3.05, 3.63) is 27.7 Å². The zero-order valence-corrected chi connectivity index (χ0v) is 14.6.